The van der Waals surface area contributed by atoms with E-state index in [0.717, 1.165) is 10.5 Å². The van der Waals surface area contributed by atoms with E-state index >= 15 is 0 Å². The van der Waals surface area contributed by atoms with Crippen molar-refractivity contribution >= 4 is 35.2 Å². The van der Waals surface area contributed by atoms with Gasteiger partial charge >= 0.3 is 0 Å². The monoisotopic (exact) mass is 404 g/mol. The Hall–Kier alpha value is -1.98. The fourth-order valence-electron chi connectivity index (χ4n) is 2.64. The Kier molecular flexibility index (Phi) is 8.20. The number of hydrogen-bond acceptors (Lipinski definition) is 3. The molecule has 1 atom stereocenters. The molecule has 0 spiro atoms. The first-order valence-corrected chi connectivity index (χ1v) is 10.2. The Labute approximate surface area is 170 Å². The molecule has 0 bridgehead atoms. The van der Waals surface area contributed by atoms with Crippen LogP contribution >= 0.6 is 23.4 Å². The third-order valence-electron chi connectivity index (χ3n) is 4.32. The summed E-state index contributed by atoms with van der Waals surface area (Å²) in [6.07, 6.45) is 0.352. The van der Waals surface area contributed by atoms with E-state index in [1.54, 1.807) is 36.7 Å². The lowest BCUT2D eigenvalue weighted by atomic mass is 10.1. The van der Waals surface area contributed by atoms with Crippen LogP contribution in [0.3, 0.4) is 0 Å². The van der Waals surface area contributed by atoms with Gasteiger partial charge in [-0.1, -0.05) is 47.5 Å². The number of nitrogens with one attached hydrogen (secondary N) is 1. The van der Waals surface area contributed by atoms with Gasteiger partial charge in [0.25, 0.3) is 0 Å². The van der Waals surface area contributed by atoms with Crippen molar-refractivity contribution in [2.24, 2.45) is 0 Å². The van der Waals surface area contributed by atoms with Crippen LogP contribution in [0.4, 0.5) is 0 Å². The minimum Gasteiger partial charge on any atom is -0.357 e. The molecule has 0 aromatic heterocycles. The van der Waals surface area contributed by atoms with Crippen molar-refractivity contribution in [1.82, 2.24) is 10.2 Å². The number of rotatable bonds is 8. The maximum atomic E-state index is 12.9. The number of likely N-dealkylation sites (N-methyl/N-ethyl adjacent to an activating group) is 1. The lowest BCUT2D eigenvalue weighted by molar-refractivity contribution is -0.140. The van der Waals surface area contributed by atoms with Gasteiger partial charge in [0, 0.05) is 35.7 Å². The average molecular weight is 405 g/mol. The fourth-order valence-corrected chi connectivity index (χ4v) is 3.67. The highest BCUT2D eigenvalue weighted by Gasteiger charge is 2.25. The smallest absolute Gasteiger partial charge is 0.242 e. The van der Waals surface area contributed by atoms with Crippen LogP contribution in [0.15, 0.2) is 53.4 Å². The van der Waals surface area contributed by atoms with Crippen molar-refractivity contribution < 1.29 is 9.59 Å². The second kappa shape index (κ2) is 10.4. The molecule has 2 amide bonds. The molecular formula is C21H25ClN2O2S. The van der Waals surface area contributed by atoms with E-state index < -0.39 is 6.04 Å². The van der Waals surface area contributed by atoms with Crippen molar-refractivity contribution in [3.63, 3.8) is 0 Å². The third-order valence-corrected chi connectivity index (χ3v) is 5.70. The Morgan fingerprint density at radius 3 is 2.44 bits per heavy atom. The van der Waals surface area contributed by atoms with Gasteiger partial charge in [-0.25, -0.2) is 0 Å². The summed E-state index contributed by atoms with van der Waals surface area (Å²) >= 11 is 7.88. The van der Waals surface area contributed by atoms with Crippen LogP contribution in [0.2, 0.25) is 5.02 Å². The summed E-state index contributed by atoms with van der Waals surface area (Å²) in [6, 6.07) is 15.0. The highest BCUT2D eigenvalue weighted by Crippen LogP contribution is 2.22. The molecule has 1 unspecified atom stereocenters. The maximum Gasteiger partial charge on any atom is 0.242 e. The molecule has 2 aromatic rings. The first-order valence-electron chi connectivity index (χ1n) is 8.86. The van der Waals surface area contributed by atoms with Gasteiger partial charge in [-0.2, -0.15) is 0 Å². The molecule has 2 rings (SSSR count). The second-order valence-corrected chi connectivity index (χ2v) is 7.89. The molecule has 2 aromatic carbocycles. The molecule has 0 fully saturated rings. The summed E-state index contributed by atoms with van der Waals surface area (Å²) in [7, 11) is 1.57. The number of thioether (sulfide) groups is 1. The van der Waals surface area contributed by atoms with Crippen LogP contribution in [-0.4, -0.2) is 35.6 Å². The van der Waals surface area contributed by atoms with Gasteiger partial charge in [-0.15, -0.1) is 11.8 Å². The Bertz CT molecular complexity index is 780. The molecule has 1 N–H and O–H groups in total. The number of nitrogens with zero attached hydrogens (tertiary/aromatic N) is 1. The number of carbonyl (C=O) groups excluding carboxylic acids is 2. The molecule has 0 saturated carbocycles. The Morgan fingerprint density at radius 2 is 1.81 bits per heavy atom. The number of halogens is 1. The zero-order chi connectivity index (χ0) is 19.8. The average Bonchev–Trinajstić information content (AvgIpc) is 2.67. The SMILES string of the molecule is CNC(=O)C(C)N(Cc1ccccc1Cl)C(=O)CCSc1ccc(C)cc1. The van der Waals surface area contributed by atoms with E-state index in [0.29, 0.717) is 23.7 Å². The summed E-state index contributed by atoms with van der Waals surface area (Å²) in [4.78, 5) is 27.7. The van der Waals surface area contributed by atoms with E-state index in [1.807, 2.05) is 25.1 Å². The van der Waals surface area contributed by atoms with Crippen molar-refractivity contribution in [3.05, 3.63) is 64.7 Å². The lowest BCUT2D eigenvalue weighted by Crippen LogP contribution is -2.46. The van der Waals surface area contributed by atoms with Crippen LogP contribution in [0, 0.1) is 6.92 Å². The quantitative estimate of drug-likeness (QED) is 0.667. The van der Waals surface area contributed by atoms with Gasteiger partial charge in [0.15, 0.2) is 0 Å². The zero-order valence-corrected chi connectivity index (χ0v) is 17.4. The van der Waals surface area contributed by atoms with Gasteiger partial charge in [0.2, 0.25) is 11.8 Å². The van der Waals surface area contributed by atoms with Gasteiger partial charge < -0.3 is 10.2 Å². The summed E-state index contributed by atoms with van der Waals surface area (Å²) in [5.41, 5.74) is 2.04. The number of hydrogen-bond donors (Lipinski definition) is 1. The van der Waals surface area contributed by atoms with Gasteiger partial charge in [-0.3, -0.25) is 9.59 Å². The predicted molar refractivity (Wildman–Crippen MR) is 112 cm³/mol. The van der Waals surface area contributed by atoms with E-state index in [4.69, 9.17) is 11.6 Å². The fraction of sp³-hybridized carbons (Fsp3) is 0.333. The first-order chi connectivity index (χ1) is 12.9. The summed E-state index contributed by atoms with van der Waals surface area (Å²) in [6.45, 7) is 4.09. The number of amides is 2. The van der Waals surface area contributed by atoms with Crippen LogP contribution in [0.5, 0.6) is 0 Å². The van der Waals surface area contributed by atoms with Crippen LogP contribution in [0.25, 0.3) is 0 Å². The molecule has 144 valence electrons. The molecule has 0 aliphatic rings. The zero-order valence-electron chi connectivity index (χ0n) is 15.9. The molecule has 0 saturated heterocycles. The maximum absolute atomic E-state index is 12.9. The standard InChI is InChI=1S/C21H25ClN2O2S/c1-15-8-10-18(11-9-15)27-13-12-20(25)24(16(2)21(26)23-3)14-17-6-4-5-7-19(17)22/h4-11,16H,12-14H2,1-3H3,(H,23,26). The van der Waals surface area contributed by atoms with Crippen LogP contribution < -0.4 is 5.32 Å². The molecule has 0 aliphatic heterocycles. The normalized spacial score (nSPS) is 11.7. The van der Waals surface area contributed by atoms with Crippen LogP contribution in [0.1, 0.15) is 24.5 Å². The molecule has 27 heavy (non-hydrogen) atoms. The molecule has 0 heterocycles. The third kappa shape index (κ3) is 6.29. The van der Waals surface area contributed by atoms with E-state index in [-0.39, 0.29) is 11.8 Å². The molecule has 6 heteroatoms. The molecule has 4 nitrogen and oxygen atoms in total. The van der Waals surface area contributed by atoms with Crippen molar-refractivity contribution in [2.45, 2.75) is 37.8 Å². The van der Waals surface area contributed by atoms with Crippen molar-refractivity contribution in [3.8, 4) is 0 Å². The van der Waals surface area contributed by atoms with Gasteiger partial charge in [-0.05, 0) is 37.6 Å². The summed E-state index contributed by atoms with van der Waals surface area (Å²) in [5.74, 6) is 0.397. The van der Waals surface area contributed by atoms with Gasteiger partial charge in [0.1, 0.15) is 6.04 Å². The topological polar surface area (TPSA) is 49.4 Å². The van der Waals surface area contributed by atoms with Crippen molar-refractivity contribution in [1.29, 1.82) is 0 Å². The molecular weight excluding hydrogens is 380 g/mol. The number of benzene rings is 2. The second-order valence-electron chi connectivity index (χ2n) is 6.31. The number of carbonyl (C=O) groups is 2. The van der Waals surface area contributed by atoms with Crippen LogP contribution in [-0.2, 0) is 16.1 Å². The minimum atomic E-state index is -0.567. The van der Waals surface area contributed by atoms with E-state index in [9.17, 15) is 9.59 Å². The Balaban J connectivity index is 2.04. The van der Waals surface area contributed by atoms with Gasteiger partial charge in [0.05, 0.1) is 0 Å². The van der Waals surface area contributed by atoms with E-state index in [2.05, 4.69) is 29.6 Å². The summed E-state index contributed by atoms with van der Waals surface area (Å²) < 4.78 is 0. The molecule has 0 aliphatic carbocycles. The molecule has 0 radical (unpaired) electrons. The predicted octanol–water partition coefficient (Wildman–Crippen LogP) is 4.29. The highest BCUT2D eigenvalue weighted by molar-refractivity contribution is 7.99. The Morgan fingerprint density at radius 1 is 1.15 bits per heavy atom. The van der Waals surface area contributed by atoms with E-state index in [1.165, 1.54) is 5.56 Å². The number of aryl methyl sites for hydroxylation is 1. The van der Waals surface area contributed by atoms with Crippen molar-refractivity contribution in [2.75, 3.05) is 12.8 Å². The minimum absolute atomic E-state index is 0.0642. The lowest BCUT2D eigenvalue weighted by Gasteiger charge is -2.28. The first kappa shape index (κ1) is 21.3. The summed E-state index contributed by atoms with van der Waals surface area (Å²) in [5, 5.41) is 3.21. The highest BCUT2D eigenvalue weighted by atomic mass is 35.5. The largest absolute Gasteiger partial charge is 0.357 e.